The highest BCUT2D eigenvalue weighted by Gasteiger charge is 2.21. The van der Waals surface area contributed by atoms with Crippen LogP contribution < -0.4 is 29.1 Å². The lowest BCUT2D eigenvalue weighted by Crippen LogP contribution is -2.20. The monoisotopic (exact) mass is 563 g/mol. The molecule has 0 aliphatic rings. The smallest absolute Gasteiger partial charge is 0.250 e. The van der Waals surface area contributed by atoms with E-state index in [0.717, 1.165) is 5.69 Å². The Kier molecular flexibility index (Phi) is 9.47. The third-order valence-corrected chi connectivity index (χ3v) is 6.67. The molecule has 0 bridgehead atoms. The summed E-state index contributed by atoms with van der Waals surface area (Å²) in [5.74, 6) is 2.95. The Morgan fingerprint density at radius 3 is 2.20 bits per heavy atom. The number of methoxy groups -OCH3 is 5. The van der Waals surface area contributed by atoms with E-state index < -0.39 is 0 Å². The first-order valence-corrected chi connectivity index (χ1v) is 13.0. The summed E-state index contributed by atoms with van der Waals surface area (Å²) in [6.45, 7) is 0. The van der Waals surface area contributed by atoms with E-state index in [2.05, 4.69) is 20.7 Å². The summed E-state index contributed by atoms with van der Waals surface area (Å²) in [5, 5.41) is 13.4. The van der Waals surface area contributed by atoms with Gasteiger partial charge in [0.15, 0.2) is 22.5 Å². The van der Waals surface area contributed by atoms with E-state index in [-0.39, 0.29) is 11.7 Å². The van der Waals surface area contributed by atoms with Crippen molar-refractivity contribution in [2.24, 2.45) is 5.10 Å². The second-order valence-electron chi connectivity index (χ2n) is 8.08. The van der Waals surface area contributed by atoms with Crippen molar-refractivity contribution in [3.05, 3.63) is 66.2 Å². The number of carbonyl (C=O) groups excluding carboxylic acids is 1. The standard InChI is InChI=1S/C28H29N5O6S/c1-35-21-12-11-18(22(15-21)36-2)16-29-30-25(34)17-40-28-32-31-27(33(28)20-9-7-6-8-10-20)19-13-23(37-3)26(39-5)24(14-19)38-4/h6-16H,17H2,1-5H3,(H,30,34). The second-order valence-corrected chi connectivity index (χ2v) is 9.02. The molecule has 0 saturated heterocycles. The van der Waals surface area contributed by atoms with Gasteiger partial charge in [-0.1, -0.05) is 30.0 Å². The Morgan fingerprint density at radius 2 is 1.57 bits per heavy atom. The maximum atomic E-state index is 12.6. The first-order valence-electron chi connectivity index (χ1n) is 12.0. The molecule has 208 valence electrons. The Hall–Kier alpha value is -4.71. The number of amides is 1. The molecule has 40 heavy (non-hydrogen) atoms. The predicted octanol–water partition coefficient (Wildman–Crippen LogP) is 4.22. The molecule has 4 aromatic rings. The number of aromatic nitrogens is 3. The number of benzene rings is 3. The van der Waals surface area contributed by atoms with E-state index in [1.54, 1.807) is 65.9 Å². The highest BCUT2D eigenvalue weighted by atomic mass is 32.2. The van der Waals surface area contributed by atoms with Gasteiger partial charge in [0.25, 0.3) is 5.91 Å². The predicted molar refractivity (Wildman–Crippen MR) is 152 cm³/mol. The minimum absolute atomic E-state index is 0.0529. The Balaban J connectivity index is 1.56. The van der Waals surface area contributed by atoms with Crippen LogP contribution in [-0.4, -0.2) is 68.2 Å². The normalized spacial score (nSPS) is 10.8. The van der Waals surface area contributed by atoms with Crippen LogP contribution in [0.5, 0.6) is 28.7 Å². The van der Waals surface area contributed by atoms with Crippen LogP contribution in [-0.2, 0) is 4.79 Å². The molecule has 0 fully saturated rings. The lowest BCUT2D eigenvalue weighted by atomic mass is 10.1. The molecule has 11 nitrogen and oxygen atoms in total. The molecule has 4 rings (SSSR count). The number of nitrogens with zero attached hydrogens (tertiary/aromatic N) is 4. The maximum Gasteiger partial charge on any atom is 0.250 e. The van der Waals surface area contributed by atoms with Crippen LogP contribution in [0.15, 0.2) is 70.9 Å². The first-order chi connectivity index (χ1) is 19.5. The fraction of sp³-hybridized carbons (Fsp3) is 0.214. The second kappa shape index (κ2) is 13.4. The highest BCUT2D eigenvalue weighted by molar-refractivity contribution is 7.99. The van der Waals surface area contributed by atoms with Crippen LogP contribution in [0.3, 0.4) is 0 Å². The summed E-state index contributed by atoms with van der Waals surface area (Å²) in [7, 11) is 7.78. The zero-order chi connectivity index (χ0) is 28.5. The lowest BCUT2D eigenvalue weighted by molar-refractivity contribution is -0.118. The van der Waals surface area contributed by atoms with Gasteiger partial charge in [-0.3, -0.25) is 9.36 Å². The molecule has 3 aromatic carbocycles. The zero-order valence-electron chi connectivity index (χ0n) is 22.7. The van der Waals surface area contributed by atoms with Crippen molar-refractivity contribution in [3.63, 3.8) is 0 Å². The molecule has 1 N–H and O–H groups in total. The molecule has 0 spiro atoms. The molecule has 12 heteroatoms. The average Bonchev–Trinajstić information content (AvgIpc) is 3.43. The summed E-state index contributed by atoms with van der Waals surface area (Å²) >= 11 is 1.23. The molecular formula is C28H29N5O6S. The Morgan fingerprint density at radius 1 is 0.875 bits per heavy atom. The number of thioether (sulfide) groups is 1. The van der Waals surface area contributed by atoms with Crippen LogP contribution >= 0.6 is 11.8 Å². The van der Waals surface area contributed by atoms with Crippen LogP contribution in [0.1, 0.15) is 5.56 Å². The largest absolute Gasteiger partial charge is 0.497 e. The maximum absolute atomic E-state index is 12.6. The fourth-order valence-corrected chi connectivity index (χ4v) is 4.58. The summed E-state index contributed by atoms with van der Waals surface area (Å²) in [4.78, 5) is 12.6. The molecule has 1 heterocycles. The van der Waals surface area contributed by atoms with Crippen molar-refractivity contribution in [1.29, 1.82) is 0 Å². The summed E-state index contributed by atoms with van der Waals surface area (Å²) < 4.78 is 28.9. The van der Waals surface area contributed by atoms with Gasteiger partial charge >= 0.3 is 0 Å². The molecule has 0 unspecified atom stereocenters. The molecule has 0 aliphatic carbocycles. The van der Waals surface area contributed by atoms with E-state index in [1.165, 1.54) is 18.0 Å². The summed E-state index contributed by atoms with van der Waals surface area (Å²) in [6.07, 6.45) is 1.51. The van der Waals surface area contributed by atoms with Crippen LogP contribution in [0.4, 0.5) is 0 Å². The van der Waals surface area contributed by atoms with Crippen molar-refractivity contribution < 1.29 is 28.5 Å². The van der Waals surface area contributed by atoms with Crippen LogP contribution in [0.25, 0.3) is 17.1 Å². The molecule has 0 radical (unpaired) electrons. The van der Waals surface area contributed by atoms with E-state index in [4.69, 9.17) is 23.7 Å². The lowest BCUT2D eigenvalue weighted by Gasteiger charge is -2.15. The van der Waals surface area contributed by atoms with E-state index in [9.17, 15) is 4.79 Å². The van der Waals surface area contributed by atoms with Crippen LogP contribution in [0, 0.1) is 0 Å². The van der Waals surface area contributed by atoms with Gasteiger partial charge in [-0.05, 0) is 36.4 Å². The van der Waals surface area contributed by atoms with Gasteiger partial charge in [0.2, 0.25) is 5.75 Å². The van der Waals surface area contributed by atoms with E-state index in [0.29, 0.717) is 50.9 Å². The molecule has 0 saturated carbocycles. The van der Waals surface area contributed by atoms with Gasteiger partial charge in [-0.15, -0.1) is 10.2 Å². The van der Waals surface area contributed by atoms with Crippen molar-refractivity contribution in [1.82, 2.24) is 20.2 Å². The molecule has 0 atom stereocenters. The average molecular weight is 564 g/mol. The van der Waals surface area contributed by atoms with Crippen molar-refractivity contribution >= 4 is 23.9 Å². The SMILES string of the molecule is COc1ccc(C=NNC(=O)CSc2nnc(-c3cc(OC)c(OC)c(OC)c3)n2-c2ccccc2)c(OC)c1. The quantitative estimate of drug-likeness (QED) is 0.154. The third-order valence-electron chi connectivity index (χ3n) is 5.74. The summed E-state index contributed by atoms with van der Waals surface area (Å²) in [6, 6.07) is 18.5. The summed E-state index contributed by atoms with van der Waals surface area (Å²) in [5.41, 5.74) is 4.75. The zero-order valence-corrected chi connectivity index (χ0v) is 23.5. The Labute approximate surface area is 236 Å². The number of hydrogen-bond donors (Lipinski definition) is 1. The van der Waals surface area contributed by atoms with E-state index >= 15 is 0 Å². The van der Waals surface area contributed by atoms with Crippen molar-refractivity contribution in [2.75, 3.05) is 41.3 Å². The Bertz CT molecular complexity index is 1470. The third kappa shape index (κ3) is 6.29. The number of rotatable bonds is 12. The van der Waals surface area contributed by atoms with Gasteiger partial charge in [0.1, 0.15) is 11.5 Å². The topological polar surface area (TPSA) is 118 Å². The number of hydrazone groups is 1. The van der Waals surface area contributed by atoms with Crippen molar-refractivity contribution in [3.8, 4) is 45.8 Å². The minimum atomic E-state index is -0.314. The number of hydrogen-bond acceptors (Lipinski definition) is 10. The minimum Gasteiger partial charge on any atom is -0.497 e. The van der Waals surface area contributed by atoms with Crippen molar-refractivity contribution in [2.45, 2.75) is 5.16 Å². The number of ether oxygens (including phenoxy) is 5. The van der Waals surface area contributed by atoms with Gasteiger partial charge < -0.3 is 23.7 Å². The molecule has 0 aliphatic heterocycles. The highest BCUT2D eigenvalue weighted by Crippen LogP contribution is 2.41. The van der Waals surface area contributed by atoms with Gasteiger partial charge in [-0.25, -0.2) is 5.43 Å². The van der Waals surface area contributed by atoms with Crippen LogP contribution in [0.2, 0.25) is 0 Å². The molecular weight excluding hydrogens is 534 g/mol. The fourth-order valence-electron chi connectivity index (χ4n) is 3.83. The van der Waals surface area contributed by atoms with Gasteiger partial charge in [-0.2, -0.15) is 5.10 Å². The number of carbonyl (C=O) groups is 1. The first kappa shape index (κ1) is 28.3. The van der Waals surface area contributed by atoms with E-state index in [1.807, 2.05) is 34.9 Å². The van der Waals surface area contributed by atoms with Gasteiger partial charge in [0.05, 0.1) is 47.5 Å². The van der Waals surface area contributed by atoms with Gasteiger partial charge in [0, 0.05) is 22.9 Å². The number of para-hydroxylation sites is 1. The molecule has 1 amide bonds. The number of nitrogens with one attached hydrogen (secondary N) is 1. The molecule has 1 aromatic heterocycles.